The second-order valence-corrected chi connectivity index (χ2v) is 3.71. The number of nitriles is 1. The summed E-state index contributed by atoms with van der Waals surface area (Å²) in [5.41, 5.74) is 1.35. The van der Waals surface area contributed by atoms with Crippen molar-refractivity contribution in [1.29, 1.82) is 5.26 Å². The van der Waals surface area contributed by atoms with Crippen LogP contribution in [0.5, 0.6) is 0 Å². The van der Waals surface area contributed by atoms with Crippen molar-refractivity contribution in [3.8, 4) is 6.07 Å². The first-order chi connectivity index (χ1) is 6.13. The minimum absolute atomic E-state index is 0.0684. The molecule has 0 bridgehead atoms. The Bertz CT molecular complexity index is 379. The van der Waals surface area contributed by atoms with Crippen molar-refractivity contribution in [2.45, 2.75) is 13.3 Å². The van der Waals surface area contributed by atoms with Gasteiger partial charge in [0.05, 0.1) is 11.6 Å². The molecule has 0 spiro atoms. The lowest BCUT2D eigenvalue weighted by Gasteiger charge is -2.00. The summed E-state index contributed by atoms with van der Waals surface area (Å²) >= 11 is 3.27. The summed E-state index contributed by atoms with van der Waals surface area (Å²) in [5.74, 6) is 0.0684. The lowest BCUT2D eigenvalue weighted by Crippen LogP contribution is -1.98. The Kier molecular flexibility index (Phi) is 3.21. The molecule has 0 aromatic heterocycles. The van der Waals surface area contributed by atoms with E-state index in [0.717, 1.165) is 10.0 Å². The molecule has 0 aliphatic heterocycles. The van der Waals surface area contributed by atoms with Crippen LogP contribution in [0.15, 0.2) is 22.7 Å². The van der Waals surface area contributed by atoms with Crippen LogP contribution in [0, 0.1) is 11.3 Å². The fourth-order valence-corrected chi connectivity index (χ4v) is 1.44. The van der Waals surface area contributed by atoms with Gasteiger partial charge in [0.25, 0.3) is 0 Å². The van der Waals surface area contributed by atoms with E-state index in [-0.39, 0.29) is 5.78 Å². The topological polar surface area (TPSA) is 40.9 Å². The number of ketones is 1. The van der Waals surface area contributed by atoms with Crippen molar-refractivity contribution in [1.82, 2.24) is 0 Å². The molecule has 1 rings (SSSR count). The molecule has 13 heavy (non-hydrogen) atoms. The molecule has 0 saturated carbocycles. The number of carbonyl (C=O) groups excluding carboxylic acids is 1. The fourth-order valence-electron chi connectivity index (χ4n) is 1.08. The van der Waals surface area contributed by atoms with Gasteiger partial charge in [-0.3, -0.25) is 4.79 Å². The van der Waals surface area contributed by atoms with Crippen LogP contribution >= 0.6 is 15.9 Å². The molecule has 0 atom stereocenters. The lowest BCUT2D eigenvalue weighted by atomic mass is 10.0. The van der Waals surface area contributed by atoms with Crippen LogP contribution in [0.3, 0.4) is 0 Å². The zero-order valence-corrected chi connectivity index (χ0v) is 8.76. The van der Waals surface area contributed by atoms with E-state index < -0.39 is 0 Å². The SMILES string of the molecule is CC(=O)Cc1ccc(Br)cc1C#N. The first-order valence-corrected chi connectivity index (χ1v) is 4.60. The predicted octanol–water partition coefficient (Wildman–Crippen LogP) is 2.45. The van der Waals surface area contributed by atoms with Gasteiger partial charge >= 0.3 is 0 Å². The highest BCUT2D eigenvalue weighted by Gasteiger charge is 2.04. The maximum absolute atomic E-state index is 10.8. The standard InChI is InChI=1S/C10H8BrNO/c1-7(13)4-8-2-3-10(11)5-9(8)6-12/h2-3,5H,4H2,1H3. The number of Topliss-reactive ketones (excluding diaryl/α,β-unsaturated/α-hetero) is 1. The van der Waals surface area contributed by atoms with Crippen LogP contribution in [-0.4, -0.2) is 5.78 Å². The third-order valence-corrected chi connectivity index (χ3v) is 2.13. The van der Waals surface area contributed by atoms with E-state index in [1.165, 1.54) is 6.92 Å². The van der Waals surface area contributed by atoms with Crippen molar-refractivity contribution in [3.63, 3.8) is 0 Å². The zero-order chi connectivity index (χ0) is 9.84. The van der Waals surface area contributed by atoms with Gasteiger partial charge in [0.15, 0.2) is 0 Å². The minimum atomic E-state index is 0.0684. The molecule has 1 aromatic rings. The summed E-state index contributed by atoms with van der Waals surface area (Å²) in [7, 11) is 0. The normalized spacial score (nSPS) is 9.31. The Morgan fingerprint density at radius 3 is 2.85 bits per heavy atom. The first-order valence-electron chi connectivity index (χ1n) is 3.81. The smallest absolute Gasteiger partial charge is 0.134 e. The third kappa shape index (κ3) is 2.67. The fraction of sp³-hybridized carbons (Fsp3) is 0.200. The van der Waals surface area contributed by atoms with E-state index in [1.54, 1.807) is 12.1 Å². The molecule has 0 unspecified atom stereocenters. The summed E-state index contributed by atoms with van der Waals surface area (Å²) in [6.07, 6.45) is 0.330. The Labute approximate surface area is 85.3 Å². The number of hydrogen-bond acceptors (Lipinski definition) is 2. The highest BCUT2D eigenvalue weighted by Crippen LogP contribution is 2.16. The molecule has 0 amide bonds. The van der Waals surface area contributed by atoms with E-state index >= 15 is 0 Å². The number of hydrogen-bond donors (Lipinski definition) is 0. The molecule has 1 aromatic carbocycles. The summed E-state index contributed by atoms with van der Waals surface area (Å²) in [6.45, 7) is 1.52. The van der Waals surface area contributed by atoms with Gasteiger partial charge in [-0.15, -0.1) is 0 Å². The summed E-state index contributed by atoms with van der Waals surface area (Å²) < 4.78 is 0.858. The van der Waals surface area contributed by atoms with Gasteiger partial charge in [-0.05, 0) is 24.6 Å². The Balaban J connectivity index is 3.08. The highest BCUT2D eigenvalue weighted by molar-refractivity contribution is 9.10. The van der Waals surface area contributed by atoms with Gasteiger partial charge < -0.3 is 0 Å². The molecule has 0 heterocycles. The van der Waals surface area contributed by atoms with E-state index in [1.807, 2.05) is 6.07 Å². The summed E-state index contributed by atoms with van der Waals surface area (Å²) in [6, 6.07) is 7.41. The number of rotatable bonds is 2. The largest absolute Gasteiger partial charge is 0.300 e. The van der Waals surface area contributed by atoms with Crippen LogP contribution in [0.2, 0.25) is 0 Å². The van der Waals surface area contributed by atoms with Crippen LogP contribution in [0.1, 0.15) is 18.1 Å². The first kappa shape index (κ1) is 9.94. The summed E-state index contributed by atoms with van der Waals surface area (Å²) in [5, 5.41) is 8.77. The van der Waals surface area contributed by atoms with E-state index in [4.69, 9.17) is 5.26 Å². The van der Waals surface area contributed by atoms with Gasteiger partial charge in [0.1, 0.15) is 5.78 Å². The molecule has 2 nitrogen and oxygen atoms in total. The molecule has 0 aliphatic rings. The minimum Gasteiger partial charge on any atom is -0.300 e. The quantitative estimate of drug-likeness (QED) is 0.793. The maximum Gasteiger partial charge on any atom is 0.134 e. The number of halogens is 1. The van der Waals surface area contributed by atoms with Crippen LogP contribution in [0.4, 0.5) is 0 Å². The number of carbonyl (C=O) groups is 1. The molecule has 0 fully saturated rings. The van der Waals surface area contributed by atoms with Gasteiger partial charge in [0, 0.05) is 10.9 Å². The second kappa shape index (κ2) is 4.20. The van der Waals surface area contributed by atoms with E-state index in [9.17, 15) is 4.79 Å². The maximum atomic E-state index is 10.8. The predicted molar refractivity (Wildman–Crippen MR) is 53.2 cm³/mol. The van der Waals surface area contributed by atoms with Crippen LogP contribution in [-0.2, 0) is 11.2 Å². The Morgan fingerprint density at radius 1 is 1.62 bits per heavy atom. The van der Waals surface area contributed by atoms with Crippen molar-refractivity contribution >= 4 is 21.7 Å². The Morgan fingerprint density at radius 2 is 2.31 bits per heavy atom. The third-order valence-electron chi connectivity index (χ3n) is 1.63. The number of benzene rings is 1. The average molecular weight is 238 g/mol. The highest BCUT2D eigenvalue weighted by atomic mass is 79.9. The average Bonchev–Trinajstić information content (AvgIpc) is 2.07. The molecule has 0 aliphatic carbocycles. The molecule has 0 N–H and O–H groups in total. The van der Waals surface area contributed by atoms with Gasteiger partial charge in [-0.2, -0.15) is 5.26 Å². The van der Waals surface area contributed by atoms with Crippen molar-refractivity contribution in [2.24, 2.45) is 0 Å². The van der Waals surface area contributed by atoms with Crippen molar-refractivity contribution in [2.75, 3.05) is 0 Å². The van der Waals surface area contributed by atoms with Gasteiger partial charge in [-0.25, -0.2) is 0 Å². The van der Waals surface area contributed by atoms with Gasteiger partial charge in [-0.1, -0.05) is 22.0 Å². The Hall–Kier alpha value is -1.14. The molecule has 0 saturated heterocycles. The van der Waals surface area contributed by atoms with Crippen LogP contribution < -0.4 is 0 Å². The molecule has 3 heteroatoms. The monoisotopic (exact) mass is 237 g/mol. The van der Waals surface area contributed by atoms with Crippen molar-refractivity contribution in [3.05, 3.63) is 33.8 Å². The van der Waals surface area contributed by atoms with E-state index in [0.29, 0.717) is 12.0 Å². The number of nitrogens with zero attached hydrogens (tertiary/aromatic N) is 1. The van der Waals surface area contributed by atoms with Gasteiger partial charge in [0.2, 0.25) is 0 Å². The van der Waals surface area contributed by atoms with Crippen molar-refractivity contribution < 1.29 is 4.79 Å². The molecular formula is C10H8BrNO. The van der Waals surface area contributed by atoms with E-state index in [2.05, 4.69) is 22.0 Å². The summed E-state index contributed by atoms with van der Waals surface area (Å²) in [4.78, 5) is 10.8. The molecular weight excluding hydrogens is 230 g/mol. The zero-order valence-electron chi connectivity index (χ0n) is 7.17. The van der Waals surface area contributed by atoms with Crippen LogP contribution in [0.25, 0.3) is 0 Å². The second-order valence-electron chi connectivity index (χ2n) is 2.79. The molecule has 0 radical (unpaired) electrons. The molecule has 66 valence electrons. The lowest BCUT2D eigenvalue weighted by molar-refractivity contribution is -0.116.